The van der Waals surface area contributed by atoms with Crippen LogP contribution in [-0.2, 0) is 13.0 Å². The number of phenolic OH excluding ortho intramolecular Hbond substituents is 1. The van der Waals surface area contributed by atoms with Gasteiger partial charge in [-0.05, 0) is 30.7 Å². The van der Waals surface area contributed by atoms with E-state index in [1.54, 1.807) is 12.1 Å². The summed E-state index contributed by atoms with van der Waals surface area (Å²) in [7, 11) is 0. The van der Waals surface area contributed by atoms with Crippen molar-refractivity contribution in [2.45, 2.75) is 19.9 Å². The smallest absolute Gasteiger partial charge is 0.338 e. The normalized spacial score (nSPS) is 11.3. The topological polar surface area (TPSA) is 62.5 Å². The second-order valence-electron chi connectivity index (χ2n) is 6.52. The van der Waals surface area contributed by atoms with Gasteiger partial charge in [0.05, 0.1) is 11.1 Å². The Morgan fingerprint density at radius 3 is 2.44 bits per heavy atom. The van der Waals surface area contributed by atoms with E-state index in [-0.39, 0.29) is 11.3 Å². The molecule has 2 N–H and O–H groups in total. The number of rotatable bonds is 4. The lowest BCUT2D eigenvalue weighted by molar-refractivity contribution is 0.0697. The van der Waals surface area contributed by atoms with E-state index in [1.165, 1.54) is 0 Å². The van der Waals surface area contributed by atoms with Crippen molar-refractivity contribution >= 4 is 39.2 Å². The summed E-state index contributed by atoms with van der Waals surface area (Å²) in [5.74, 6) is -0.915. The highest BCUT2D eigenvalue weighted by Crippen LogP contribution is 2.38. The molecular weight excluding hydrogens is 362 g/mol. The van der Waals surface area contributed by atoms with Gasteiger partial charge in [-0.25, -0.2) is 4.79 Å². The number of hydrogen-bond donors (Lipinski definition) is 2. The summed E-state index contributed by atoms with van der Waals surface area (Å²) in [6.07, 6.45) is 0.444. The van der Waals surface area contributed by atoms with Gasteiger partial charge in [0.25, 0.3) is 0 Å². The molecule has 4 rings (SSSR count). The predicted molar refractivity (Wildman–Crippen MR) is 108 cm³/mol. The number of aromatic carboxylic acids is 1. The Labute approximate surface area is 161 Å². The van der Waals surface area contributed by atoms with Crippen LogP contribution in [0.1, 0.15) is 28.5 Å². The van der Waals surface area contributed by atoms with Gasteiger partial charge in [-0.2, -0.15) is 0 Å². The molecule has 0 aliphatic carbocycles. The van der Waals surface area contributed by atoms with E-state index in [9.17, 15) is 15.0 Å². The lowest BCUT2D eigenvalue weighted by Crippen LogP contribution is -2.07. The van der Waals surface area contributed by atoms with Crippen molar-refractivity contribution in [2.75, 3.05) is 0 Å². The van der Waals surface area contributed by atoms with E-state index >= 15 is 0 Å². The number of halogens is 1. The number of benzene rings is 3. The van der Waals surface area contributed by atoms with Crippen LogP contribution in [0.4, 0.5) is 0 Å². The fourth-order valence-corrected chi connectivity index (χ4v) is 4.07. The van der Waals surface area contributed by atoms with Crippen molar-refractivity contribution in [1.29, 1.82) is 0 Å². The zero-order valence-electron chi connectivity index (χ0n) is 14.7. The molecule has 0 amide bonds. The molecule has 4 nitrogen and oxygen atoms in total. The van der Waals surface area contributed by atoms with Crippen LogP contribution in [0.5, 0.6) is 5.75 Å². The first kappa shape index (κ1) is 17.4. The molecule has 0 saturated heterocycles. The Bertz CT molecular complexity index is 1190. The zero-order valence-corrected chi connectivity index (χ0v) is 15.5. The van der Waals surface area contributed by atoms with Gasteiger partial charge >= 0.3 is 5.97 Å². The highest BCUT2D eigenvalue weighted by atomic mass is 35.5. The standard InChI is InChI=1S/C22H18ClNO3/c1-2-24-18(11-13-6-5-7-14(23)10-13)20(22(26)27)17-12-19(25)15-8-3-4-9-16(15)21(17)24/h3-10,12,25H,2,11H2,1H3,(H,26,27). The number of nitrogens with zero attached hydrogens (tertiary/aromatic N) is 1. The van der Waals surface area contributed by atoms with E-state index in [2.05, 4.69) is 0 Å². The summed E-state index contributed by atoms with van der Waals surface area (Å²) in [6.45, 7) is 2.61. The van der Waals surface area contributed by atoms with Crippen molar-refractivity contribution in [1.82, 2.24) is 4.57 Å². The molecule has 0 fully saturated rings. The van der Waals surface area contributed by atoms with Crippen molar-refractivity contribution in [3.8, 4) is 5.75 Å². The van der Waals surface area contributed by atoms with Crippen molar-refractivity contribution in [3.63, 3.8) is 0 Å². The van der Waals surface area contributed by atoms with Crippen LogP contribution in [0.2, 0.25) is 5.02 Å². The summed E-state index contributed by atoms with van der Waals surface area (Å²) < 4.78 is 2.03. The van der Waals surface area contributed by atoms with E-state index in [4.69, 9.17) is 11.6 Å². The molecule has 27 heavy (non-hydrogen) atoms. The number of aromatic hydroxyl groups is 1. The largest absolute Gasteiger partial charge is 0.507 e. The molecule has 0 spiro atoms. The monoisotopic (exact) mass is 379 g/mol. The highest BCUT2D eigenvalue weighted by molar-refractivity contribution is 6.30. The summed E-state index contributed by atoms with van der Waals surface area (Å²) in [4.78, 5) is 12.1. The van der Waals surface area contributed by atoms with Crippen molar-refractivity contribution in [2.24, 2.45) is 0 Å². The average molecular weight is 380 g/mol. The molecule has 0 radical (unpaired) electrons. The summed E-state index contributed by atoms with van der Waals surface area (Å²) in [6, 6.07) is 16.5. The molecule has 0 atom stereocenters. The van der Waals surface area contributed by atoms with Crippen LogP contribution in [-0.4, -0.2) is 20.7 Å². The highest BCUT2D eigenvalue weighted by Gasteiger charge is 2.24. The maximum Gasteiger partial charge on any atom is 0.338 e. The average Bonchev–Trinajstić information content (AvgIpc) is 2.95. The van der Waals surface area contributed by atoms with E-state index in [0.29, 0.717) is 34.5 Å². The van der Waals surface area contributed by atoms with Crippen LogP contribution < -0.4 is 0 Å². The lowest BCUT2D eigenvalue weighted by Gasteiger charge is -2.11. The lowest BCUT2D eigenvalue weighted by atomic mass is 10.0. The van der Waals surface area contributed by atoms with Crippen LogP contribution in [0.25, 0.3) is 21.7 Å². The third kappa shape index (κ3) is 2.82. The molecule has 136 valence electrons. The maximum atomic E-state index is 12.1. The minimum Gasteiger partial charge on any atom is -0.507 e. The van der Waals surface area contributed by atoms with Gasteiger partial charge in [-0.1, -0.05) is 48.0 Å². The number of carbonyl (C=O) groups is 1. The quantitative estimate of drug-likeness (QED) is 0.494. The Balaban J connectivity index is 2.09. The molecule has 0 aliphatic rings. The fourth-order valence-electron chi connectivity index (χ4n) is 3.86. The molecule has 0 bridgehead atoms. The number of aromatic nitrogens is 1. The number of fused-ring (bicyclic) bond motifs is 3. The molecule has 0 aliphatic heterocycles. The maximum absolute atomic E-state index is 12.1. The number of phenols is 1. The van der Waals surface area contributed by atoms with Gasteiger partial charge in [0.2, 0.25) is 0 Å². The Kier molecular flexibility index (Phi) is 4.28. The molecular formula is C22H18ClNO3. The summed E-state index contributed by atoms with van der Waals surface area (Å²) in [5.41, 5.74) is 2.71. The third-order valence-corrected chi connectivity index (χ3v) is 5.17. The van der Waals surface area contributed by atoms with Crippen LogP contribution in [0, 0.1) is 0 Å². The van der Waals surface area contributed by atoms with E-state index < -0.39 is 5.97 Å². The molecule has 3 aromatic carbocycles. The Hall–Kier alpha value is -2.98. The Morgan fingerprint density at radius 2 is 1.78 bits per heavy atom. The SMILES string of the molecule is CCn1c(Cc2cccc(Cl)c2)c(C(=O)O)c2cc(O)c3ccccc3c21. The number of carboxylic acids is 1. The van der Waals surface area contributed by atoms with Gasteiger partial charge in [-0.3, -0.25) is 0 Å². The van der Waals surface area contributed by atoms with Gasteiger partial charge in [-0.15, -0.1) is 0 Å². The minimum absolute atomic E-state index is 0.0863. The second-order valence-corrected chi connectivity index (χ2v) is 6.95. The van der Waals surface area contributed by atoms with Gasteiger partial charge in [0.15, 0.2) is 0 Å². The van der Waals surface area contributed by atoms with Gasteiger partial charge < -0.3 is 14.8 Å². The molecule has 0 saturated carbocycles. The zero-order chi connectivity index (χ0) is 19.1. The van der Waals surface area contributed by atoms with E-state index in [0.717, 1.165) is 16.5 Å². The molecule has 1 heterocycles. The van der Waals surface area contributed by atoms with Crippen molar-refractivity contribution < 1.29 is 15.0 Å². The molecule has 5 heteroatoms. The van der Waals surface area contributed by atoms with Crippen LogP contribution in [0.15, 0.2) is 54.6 Å². The second kappa shape index (κ2) is 6.63. The molecule has 4 aromatic rings. The minimum atomic E-state index is -1.00. The summed E-state index contributed by atoms with van der Waals surface area (Å²) >= 11 is 6.11. The first-order chi connectivity index (χ1) is 13.0. The van der Waals surface area contributed by atoms with Gasteiger partial charge in [0, 0.05) is 39.8 Å². The fraction of sp³-hybridized carbons (Fsp3) is 0.136. The van der Waals surface area contributed by atoms with Crippen molar-refractivity contribution in [3.05, 3.63) is 76.4 Å². The first-order valence-corrected chi connectivity index (χ1v) is 9.12. The third-order valence-electron chi connectivity index (χ3n) is 4.94. The van der Waals surface area contributed by atoms with E-state index in [1.807, 2.05) is 54.0 Å². The Morgan fingerprint density at radius 1 is 1.04 bits per heavy atom. The van der Waals surface area contributed by atoms with Crippen LogP contribution in [0.3, 0.4) is 0 Å². The molecule has 1 aromatic heterocycles. The summed E-state index contributed by atoms with van der Waals surface area (Å²) in [5, 5.41) is 23.1. The number of carboxylic acid groups (broad SMARTS) is 1. The number of hydrogen-bond acceptors (Lipinski definition) is 2. The van der Waals surface area contributed by atoms with Crippen LogP contribution >= 0.6 is 11.6 Å². The predicted octanol–water partition coefficient (Wildman–Crippen LogP) is 5.46. The van der Waals surface area contributed by atoms with Gasteiger partial charge in [0.1, 0.15) is 5.75 Å². The molecule has 0 unspecified atom stereocenters. The first-order valence-electron chi connectivity index (χ1n) is 8.74. The number of aryl methyl sites for hydroxylation is 1.